The van der Waals surface area contributed by atoms with Crippen molar-refractivity contribution in [1.29, 1.82) is 0 Å². The first kappa shape index (κ1) is 12.1. The number of nitrogens with two attached hydrogens (primary N) is 1. The van der Waals surface area contributed by atoms with E-state index in [1.807, 2.05) is 25.1 Å². The molecule has 1 aromatic rings. The number of benzene rings is 1. The Balaban J connectivity index is 2.36. The van der Waals surface area contributed by atoms with E-state index < -0.39 is 0 Å². The van der Waals surface area contributed by atoms with Crippen molar-refractivity contribution in [3.8, 4) is 5.75 Å². The molecule has 0 aliphatic rings. The van der Waals surface area contributed by atoms with E-state index in [-0.39, 0.29) is 6.04 Å². The second-order valence-corrected chi connectivity index (χ2v) is 3.93. The average Bonchev–Trinajstić information content (AvgIpc) is 2.24. The van der Waals surface area contributed by atoms with E-state index in [4.69, 9.17) is 10.5 Å². The van der Waals surface area contributed by atoms with Crippen molar-refractivity contribution in [3.63, 3.8) is 0 Å². The first-order valence-corrected chi connectivity index (χ1v) is 5.70. The van der Waals surface area contributed by atoms with Gasteiger partial charge in [0.2, 0.25) is 0 Å². The van der Waals surface area contributed by atoms with E-state index in [0.717, 1.165) is 31.6 Å². The summed E-state index contributed by atoms with van der Waals surface area (Å²) in [6.45, 7) is 4.93. The molecule has 0 bridgehead atoms. The normalized spacial score (nSPS) is 12.5. The highest BCUT2D eigenvalue weighted by Crippen LogP contribution is 2.18. The highest BCUT2D eigenvalue weighted by Gasteiger charge is 2.00. The lowest BCUT2D eigenvalue weighted by Gasteiger charge is -2.10. The molecule has 0 heterocycles. The van der Waals surface area contributed by atoms with Gasteiger partial charge in [-0.1, -0.05) is 25.1 Å². The van der Waals surface area contributed by atoms with Crippen LogP contribution in [0.5, 0.6) is 5.75 Å². The van der Waals surface area contributed by atoms with Crippen molar-refractivity contribution in [2.45, 2.75) is 39.2 Å². The van der Waals surface area contributed by atoms with Gasteiger partial charge in [-0.15, -0.1) is 0 Å². The predicted molar refractivity (Wildman–Crippen MR) is 64.2 cm³/mol. The summed E-state index contributed by atoms with van der Waals surface area (Å²) in [4.78, 5) is 0. The van der Waals surface area contributed by atoms with E-state index in [1.54, 1.807) is 0 Å². The SMILES string of the molecule is CCc1ccccc1OCCCC(C)N. The topological polar surface area (TPSA) is 35.2 Å². The molecular weight excluding hydrogens is 186 g/mol. The molecule has 2 N–H and O–H groups in total. The van der Waals surface area contributed by atoms with Gasteiger partial charge in [0, 0.05) is 6.04 Å². The Hall–Kier alpha value is -1.02. The fourth-order valence-electron chi connectivity index (χ4n) is 1.52. The third-order valence-corrected chi connectivity index (χ3v) is 2.41. The molecule has 0 amide bonds. The first-order chi connectivity index (χ1) is 7.24. The summed E-state index contributed by atoms with van der Waals surface area (Å²) in [5.74, 6) is 1.02. The van der Waals surface area contributed by atoms with Crippen LogP contribution in [0.15, 0.2) is 24.3 Å². The molecule has 84 valence electrons. The highest BCUT2D eigenvalue weighted by molar-refractivity contribution is 5.33. The average molecular weight is 207 g/mol. The smallest absolute Gasteiger partial charge is 0.122 e. The number of aryl methyl sites for hydroxylation is 1. The molecule has 0 saturated carbocycles. The summed E-state index contributed by atoms with van der Waals surface area (Å²) < 4.78 is 5.72. The Morgan fingerprint density at radius 1 is 1.33 bits per heavy atom. The zero-order valence-corrected chi connectivity index (χ0v) is 9.70. The first-order valence-electron chi connectivity index (χ1n) is 5.70. The number of hydrogen-bond acceptors (Lipinski definition) is 2. The van der Waals surface area contributed by atoms with Gasteiger partial charge in [0.15, 0.2) is 0 Å². The molecule has 2 heteroatoms. The quantitative estimate of drug-likeness (QED) is 0.728. The lowest BCUT2D eigenvalue weighted by Crippen LogP contribution is -2.15. The summed E-state index contributed by atoms with van der Waals surface area (Å²) in [6, 6.07) is 8.48. The van der Waals surface area contributed by atoms with Crippen molar-refractivity contribution in [2.75, 3.05) is 6.61 Å². The molecule has 1 aromatic carbocycles. The van der Waals surface area contributed by atoms with Crippen LogP contribution in [0.25, 0.3) is 0 Å². The van der Waals surface area contributed by atoms with Crippen LogP contribution in [0.1, 0.15) is 32.3 Å². The third-order valence-electron chi connectivity index (χ3n) is 2.41. The van der Waals surface area contributed by atoms with E-state index in [9.17, 15) is 0 Å². The molecule has 1 atom stereocenters. The van der Waals surface area contributed by atoms with Crippen molar-refractivity contribution in [2.24, 2.45) is 5.73 Å². The van der Waals surface area contributed by atoms with Crippen molar-refractivity contribution < 1.29 is 4.74 Å². The second-order valence-electron chi connectivity index (χ2n) is 3.93. The van der Waals surface area contributed by atoms with E-state index in [0.29, 0.717) is 0 Å². The minimum atomic E-state index is 0.273. The Morgan fingerprint density at radius 2 is 2.07 bits per heavy atom. The van der Waals surface area contributed by atoms with Crippen LogP contribution in [0.3, 0.4) is 0 Å². The van der Waals surface area contributed by atoms with Gasteiger partial charge in [0.1, 0.15) is 5.75 Å². The van der Waals surface area contributed by atoms with E-state index in [2.05, 4.69) is 13.0 Å². The number of ether oxygens (including phenoxy) is 1. The van der Waals surface area contributed by atoms with E-state index in [1.165, 1.54) is 5.56 Å². The molecule has 15 heavy (non-hydrogen) atoms. The van der Waals surface area contributed by atoms with Crippen molar-refractivity contribution in [3.05, 3.63) is 29.8 Å². The molecule has 1 rings (SSSR count). The summed E-state index contributed by atoms with van der Waals surface area (Å²) in [5, 5.41) is 0. The lowest BCUT2D eigenvalue weighted by molar-refractivity contribution is 0.300. The summed E-state index contributed by atoms with van der Waals surface area (Å²) in [7, 11) is 0. The van der Waals surface area contributed by atoms with Crippen LogP contribution in [0.2, 0.25) is 0 Å². The van der Waals surface area contributed by atoms with Crippen LogP contribution >= 0.6 is 0 Å². The van der Waals surface area contributed by atoms with Gasteiger partial charge in [-0.25, -0.2) is 0 Å². The maximum atomic E-state index is 5.72. The van der Waals surface area contributed by atoms with Crippen molar-refractivity contribution >= 4 is 0 Å². The third kappa shape index (κ3) is 4.34. The summed E-state index contributed by atoms with van der Waals surface area (Å²) in [5.41, 5.74) is 6.95. The lowest BCUT2D eigenvalue weighted by atomic mass is 10.1. The Bertz CT molecular complexity index is 284. The molecule has 0 saturated heterocycles. The maximum Gasteiger partial charge on any atom is 0.122 e. The summed E-state index contributed by atoms with van der Waals surface area (Å²) >= 11 is 0. The Kier molecular flexibility index (Phi) is 5.19. The van der Waals surface area contributed by atoms with Gasteiger partial charge in [-0.2, -0.15) is 0 Å². The Morgan fingerprint density at radius 3 is 2.73 bits per heavy atom. The van der Waals surface area contributed by atoms with Crippen LogP contribution in [0, 0.1) is 0 Å². The molecule has 0 aliphatic carbocycles. The van der Waals surface area contributed by atoms with Crippen molar-refractivity contribution in [1.82, 2.24) is 0 Å². The highest BCUT2D eigenvalue weighted by atomic mass is 16.5. The number of para-hydroxylation sites is 1. The van der Waals surface area contributed by atoms with Gasteiger partial charge in [0.05, 0.1) is 6.61 Å². The zero-order valence-electron chi connectivity index (χ0n) is 9.70. The molecule has 0 fully saturated rings. The standard InChI is InChI=1S/C13H21NO/c1-3-12-8-4-5-9-13(12)15-10-6-7-11(2)14/h4-5,8-9,11H,3,6-7,10,14H2,1-2H3. The second kappa shape index (κ2) is 6.46. The molecule has 0 aromatic heterocycles. The molecule has 1 unspecified atom stereocenters. The zero-order chi connectivity index (χ0) is 11.1. The van der Waals surface area contributed by atoms with Gasteiger partial charge in [-0.3, -0.25) is 0 Å². The fraction of sp³-hybridized carbons (Fsp3) is 0.538. The number of rotatable bonds is 6. The minimum absolute atomic E-state index is 0.273. The van der Waals surface area contributed by atoms with Gasteiger partial charge in [-0.05, 0) is 37.8 Å². The summed E-state index contributed by atoms with van der Waals surface area (Å²) in [6.07, 6.45) is 3.06. The largest absolute Gasteiger partial charge is 0.493 e. The fourth-order valence-corrected chi connectivity index (χ4v) is 1.52. The van der Waals surface area contributed by atoms with Crippen LogP contribution in [0.4, 0.5) is 0 Å². The van der Waals surface area contributed by atoms with E-state index >= 15 is 0 Å². The Labute approximate surface area is 92.4 Å². The molecule has 2 nitrogen and oxygen atoms in total. The van der Waals surface area contributed by atoms with Crippen LogP contribution in [-0.4, -0.2) is 12.6 Å². The maximum absolute atomic E-state index is 5.72. The molecule has 0 aliphatic heterocycles. The van der Waals surface area contributed by atoms with Gasteiger partial charge in [0.25, 0.3) is 0 Å². The predicted octanol–water partition coefficient (Wildman–Crippen LogP) is 2.76. The minimum Gasteiger partial charge on any atom is -0.493 e. The molecule has 0 radical (unpaired) electrons. The molecule has 0 spiro atoms. The van der Waals surface area contributed by atoms with Crippen LogP contribution < -0.4 is 10.5 Å². The number of hydrogen-bond donors (Lipinski definition) is 1. The monoisotopic (exact) mass is 207 g/mol. The van der Waals surface area contributed by atoms with Gasteiger partial charge >= 0.3 is 0 Å². The van der Waals surface area contributed by atoms with Crippen LogP contribution in [-0.2, 0) is 6.42 Å². The molecular formula is C13H21NO. The van der Waals surface area contributed by atoms with Gasteiger partial charge < -0.3 is 10.5 Å².